The molecule has 2 aromatic heterocycles. The number of H-pyrrole nitrogens is 1. The highest BCUT2D eigenvalue weighted by atomic mass is 16.4. The summed E-state index contributed by atoms with van der Waals surface area (Å²) >= 11 is 0. The smallest absolute Gasteiger partial charge is 0.326 e. The first-order valence-corrected chi connectivity index (χ1v) is 12.7. The van der Waals surface area contributed by atoms with Crippen molar-refractivity contribution in [3.63, 3.8) is 0 Å². The lowest BCUT2D eigenvalue weighted by atomic mass is 9.97. The van der Waals surface area contributed by atoms with E-state index in [9.17, 15) is 14.7 Å². The number of tetrazole rings is 1. The number of nitrogens with one attached hydrogen (secondary N) is 1. The average Bonchev–Trinajstić information content (AvgIpc) is 3.62. The van der Waals surface area contributed by atoms with Gasteiger partial charge >= 0.3 is 5.97 Å². The molecule has 0 unspecified atom stereocenters. The summed E-state index contributed by atoms with van der Waals surface area (Å²) < 4.78 is 0. The van der Waals surface area contributed by atoms with E-state index in [1.54, 1.807) is 4.90 Å². The molecule has 0 radical (unpaired) electrons. The van der Waals surface area contributed by atoms with Gasteiger partial charge in [0.2, 0.25) is 11.7 Å². The Hall–Kier alpha value is -4.14. The summed E-state index contributed by atoms with van der Waals surface area (Å²) in [5.41, 5.74) is 4.19. The number of amides is 1. The van der Waals surface area contributed by atoms with E-state index in [-0.39, 0.29) is 24.3 Å². The Balaban J connectivity index is 1.46. The molecule has 5 rings (SSSR count). The Kier molecular flexibility index (Phi) is 6.94. The van der Waals surface area contributed by atoms with E-state index < -0.39 is 12.0 Å². The zero-order chi connectivity index (χ0) is 25.9. The second-order valence-electron chi connectivity index (χ2n) is 9.98. The number of benzene rings is 2. The van der Waals surface area contributed by atoms with Crippen molar-refractivity contribution >= 4 is 22.8 Å². The molecule has 1 aliphatic rings. The maximum absolute atomic E-state index is 13.4. The van der Waals surface area contributed by atoms with Crippen LogP contribution >= 0.6 is 0 Å². The van der Waals surface area contributed by atoms with Crippen LogP contribution in [0.2, 0.25) is 0 Å². The maximum Gasteiger partial charge on any atom is 0.326 e. The van der Waals surface area contributed by atoms with E-state index in [1.807, 2.05) is 68.4 Å². The van der Waals surface area contributed by atoms with Crippen molar-refractivity contribution in [3.05, 3.63) is 60.2 Å². The number of hydrogen-bond acceptors (Lipinski definition) is 6. The van der Waals surface area contributed by atoms with Gasteiger partial charge in [-0.3, -0.25) is 4.79 Å². The largest absolute Gasteiger partial charge is 0.480 e. The Labute approximate surface area is 214 Å². The van der Waals surface area contributed by atoms with Gasteiger partial charge in [-0.2, -0.15) is 5.21 Å². The van der Waals surface area contributed by atoms with E-state index in [4.69, 9.17) is 4.98 Å². The molecule has 1 atom stereocenters. The summed E-state index contributed by atoms with van der Waals surface area (Å²) in [6.07, 6.45) is 3.69. The van der Waals surface area contributed by atoms with Gasteiger partial charge in [-0.1, -0.05) is 63.1 Å². The minimum absolute atomic E-state index is 0.0507. The number of aromatic amines is 1. The molecule has 37 heavy (non-hydrogen) atoms. The summed E-state index contributed by atoms with van der Waals surface area (Å²) in [4.78, 5) is 32.0. The number of aromatic nitrogens is 5. The fourth-order valence-corrected chi connectivity index (χ4v) is 5.30. The third-order valence-corrected chi connectivity index (χ3v) is 7.10. The van der Waals surface area contributed by atoms with Crippen molar-refractivity contribution in [2.75, 3.05) is 0 Å². The van der Waals surface area contributed by atoms with Gasteiger partial charge in [0, 0.05) is 29.0 Å². The zero-order valence-corrected chi connectivity index (χ0v) is 21.0. The highest BCUT2D eigenvalue weighted by molar-refractivity contribution is 5.87. The van der Waals surface area contributed by atoms with Crippen LogP contribution in [-0.4, -0.2) is 53.5 Å². The van der Waals surface area contributed by atoms with Crippen LogP contribution in [0, 0.1) is 11.8 Å². The molecule has 1 saturated carbocycles. The summed E-state index contributed by atoms with van der Waals surface area (Å²) in [5, 5.41) is 25.3. The van der Waals surface area contributed by atoms with E-state index in [0.717, 1.165) is 59.0 Å². The molecule has 2 N–H and O–H groups in total. The van der Waals surface area contributed by atoms with Crippen molar-refractivity contribution in [2.24, 2.45) is 11.8 Å². The van der Waals surface area contributed by atoms with Crippen LogP contribution < -0.4 is 0 Å². The van der Waals surface area contributed by atoms with Gasteiger partial charge < -0.3 is 10.0 Å². The SMILES string of the molecule is CC(C)[C@@H](C(=O)O)N(Cc1ccc2nc(-c3ccccc3-c3nn[nH]n3)ccc2c1)C(=O)C1CCCC1. The van der Waals surface area contributed by atoms with Gasteiger partial charge in [0.25, 0.3) is 0 Å². The monoisotopic (exact) mass is 498 g/mol. The van der Waals surface area contributed by atoms with Crippen LogP contribution in [0.25, 0.3) is 33.5 Å². The Morgan fingerprint density at radius 3 is 2.49 bits per heavy atom. The Bertz CT molecular complexity index is 1410. The highest BCUT2D eigenvalue weighted by Gasteiger charge is 2.36. The van der Waals surface area contributed by atoms with E-state index in [1.165, 1.54) is 0 Å². The lowest BCUT2D eigenvalue weighted by molar-refractivity contribution is -0.154. The average molecular weight is 499 g/mol. The predicted octanol–water partition coefficient (Wildman–Crippen LogP) is 4.71. The maximum atomic E-state index is 13.4. The fraction of sp³-hybridized carbons (Fsp3) is 0.357. The third-order valence-electron chi connectivity index (χ3n) is 7.10. The number of fused-ring (bicyclic) bond motifs is 1. The molecular weight excluding hydrogens is 468 g/mol. The summed E-state index contributed by atoms with van der Waals surface area (Å²) in [6.45, 7) is 3.96. The second-order valence-corrected chi connectivity index (χ2v) is 9.98. The lowest BCUT2D eigenvalue weighted by Gasteiger charge is -2.33. The first-order valence-electron chi connectivity index (χ1n) is 12.7. The highest BCUT2D eigenvalue weighted by Crippen LogP contribution is 2.31. The topological polar surface area (TPSA) is 125 Å². The molecular formula is C28H30N6O3. The van der Waals surface area contributed by atoms with Crippen LogP contribution in [0.4, 0.5) is 0 Å². The van der Waals surface area contributed by atoms with Crippen molar-refractivity contribution in [2.45, 2.75) is 52.1 Å². The van der Waals surface area contributed by atoms with E-state index >= 15 is 0 Å². The first kappa shape index (κ1) is 24.5. The summed E-state index contributed by atoms with van der Waals surface area (Å²) in [7, 11) is 0. The number of carbonyl (C=O) groups is 2. The molecule has 0 aliphatic heterocycles. The van der Waals surface area contributed by atoms with Crippen LogP contribution in [0.15, 0.2) is 54.6 Å². The number of aliphatic carboxylic acids is 1. The molecule has 190 valence electrons. The van der Waals surface area contributed by atoms with Gasteiger partial charge in [0.05, 0.1) is 11.2 Å². The van der Waals surface area contributed by atoms with Crippen molar-refractivity contribution in [1.82, 2.24) is 30.5 Å². The molecule has 1 fully saturated rings. The molecule has 4 aromatic rings. The fourth-order valence-electron chi connectivity index (χ4n) is 5.30. The van der Waals surface area contributed by atoms with Crippen molar-refractivity contribution in [1.29, 1.82) is 0 Å². The van der Waals surface area contributed by atoms with Crippen LogP contribution in [-0.2, 0) is 16.1 Å². The zero-order valence-electron chi connectivity index (χ0n) is 21.0. The molecule has 1 aliphatic carbocycles. The molecule has 1 amide bonds. The molecule has 0 bridgehead atoms. The molecule has 9 nitrogen and oxygen atoms in total. The van der Waals surface area contributed by atoms with Crippen LogP contribution in [0.3, 0.4) is 0 Å². The number of nitrogens with zero attached hydrogens (tertiary/aromatic N) is 5. The van der Waals surface area contributed by atoms with Gasteiger partial charge in [-0.25, -0.2) is 9.78 Å². The van der Waals surface area contributed by atoms with Crippen molar-refractivity contribution in [3.8, 4) is 22.6 Å². The van der Waals surface area contributed by atoms with Crippen molar-refractivity contribution < 1.29 is 14.7 Å². The van der Waals surface area contributed by atoms with Gasteiger partial charge in [-0.15, -0.1) is 10.2 Å². The van der Waals surface area contributed by atoms with Gasteiger partial charge in [0.15, 0.2) is 0 Å². The minimum Gasteiger partial charge on any atom is -0.480 e. The molecule has 9 heteroatoms. The molecule has 0 spiro atoms. The van der Waals surface area contributed by atoms with Crippen LogP contribution in [0.5, 0.6) is 0 Å². The Morgan fingerprint density at radius 1 is 1.05 bits per heavy atom. The first-order chi connectivity index (χ1) is 17.9. The number of carboxylic acids is 1. The quantitative estimate of drug-likeness (QED) is 0.360. The number of rotatable bonds is 8. The second kappa shape index (κ2) is 10.5. The summed E-state index contributed by atoms with van der Waals surface area (Å²) in [6, 6.07) is 16.7. The van der Waals surface area contributed by atoms with Gasteiger partial charge in [-0.05, 0) is 47.7 Å². The minimum atomic E-state index is -0.964. The molecule has 2 heterocycles. The summed E-state index contributed by atoms with van der Waals surface area (Å²) in [5.74, 6) is -0.812. The standard InChI is InChI=1S/C28H30N6O3/c1-17(2)25(28(36)37)34(27(35)19-7-3-4-8-19)16-18-11-13-23-20(15-18)12-14-24(29-23)21-9-5-6-10-22(21)26-30-32-33-31-26/h5-6,9-15,17,19,25H,3-4,7-8,16H2,1-2H3,(H,36,37)(H,30,31,32,33)/t25-/m0/s1. The molecule has 0 saturated heterocycles. The van der Waals surface area contributed by atoms with E-state index in [0.29, 0.717) is 5.82 Å². The third kappa shape index (κ3) is 5.07. The van der Waals surface area contributed by atoms with E-state index in [2.05, 4.69) is 20.6 Å². The molecule has 2 aromatic carbocycles. The van der Waals surface area contributed by atoms with Crippen LogP contribution in [0.1, 0.15) is 45.1 Å². The normalized spacial score (nSPS) is 14.8. The Morgan fingerprint density at radius 2 is 1.81 bits per heavy atom. The van der Waals surface area contributed by atoms with Gasteiger partial charge in [0.1, 0.15) is 6.04 Å². The predicted molar refractivity (Wildman–Crippen MR) is 139 cm³/mol. The number of hydrogen-bond donors (Lipinski definition) is 2. The number of carbonyl (C=O) groups excluding carboxylic acids is 1. The lowest BCUT2D eigenvalue weighted by Crippen LogP contribution is -2.49. The number of pyridine rings is 1. The number of carboxylic acid groups (broad SMARTS) is 1.